The maximum Gasteiger partial charge on any atom is 0.0584 e. The Morgan fingerprint density at radius 1 is 1.62 bits per heavy atom. The third kappa shape index (κ3) is 3.10. The molecule has 3 heteroatoms. The highest BCUT2D eigenvalue weighted by molar-refractivity contribution is 7.10. The van der Waals surface area contributed by atoms with Crippen LogP contribution in [-0.4, -0.2) is 17.8 Å². The molecular weight excluding hydrogens is 182 g/mol. The molecule has 0 fully saturated rings. The number of hydrogen-bond acceptors (Lipinski definition) is 3. The smallest absolute Gasteiger partial charge is 0.0584 e. The Kier molecular flexibility index (Phi) is 4.42. The number of nitrogens with one attached hydrogen (secondary N) is 1. The average Bonchev–Trinajstić information content (AvgIpc) is 2.66. The monoisotopic (exact) mass is 199 g/mol. The van der Waals surface area contributed by atoms with Crippen LogP contribution in [0.4, 0.5) is 0 Å². The fourth-order valence-corrected chi connectivity index (χ4v) is 2.02. The van der Waals surface area contributed by atoms with Crippen molar-refractivity contribution in [3.8, 4) is 0 Å². The van der Waals surface area contributed by atoms with Crippen molar-refractivity contribution < 1.29 is 5.11 Å². The van der Waals surface area contributed by atoms with E-state index in [1.165, 1.54) is 4.88 Å². The second-order valence-electron chi connectivity index (χ2n) is 3.19. The van der Waals surface area contributed by atoms with Gasteiger partial charge in [-0.25, -0.2) is 0 Å². The molecule has 0 bridgehead atoms. The number of thiophene rings is 1. The summed E-state index contributed by atoms with van der Waals surface area (Å²) >= 11 is 1.75. The first-order chi connectivity index (χ1) is 6.27. The van der Waals surface area contributed by atoms with Crippen molar-refractivity contribution in [2.75, 3.05) is 6.61 Å². The van der Waals surface area contributed by atoms with E-state index >= 15 is 0 Å². The zero-order valence-corrected chi connectivity index (χ0v) is 8.97. The zero-order valence-electron chi connectivity index (χ0n) is 8.16. The van der Waals surface area contributed by atoms with Gasteiger partial charge in [0.25, 0.3) is 0 Å². The van der Waals surface area contributed by atoms with Gasteiger partial charge in [0, 0.05) is 17.0 Å². The summed E-state index contributed by atoms with van der Waals surface area (Å²) in [5.74, 6) is 0. The van der Waals surface area contributed by atoms with Crippen molar-refractivity contribution in [3.05, 3.63) is 22.4 Å². The summed E-state index contributed by atoms with van der Waals surface area (Å²) in [6.45, 7) is 4.42. The molecule has 0 saturated heterocycles. The normalized spacial score (nSPS) is 15.6. The predicted molar refractivity (Wildman–Crippen MR) is 57.0 cm³/mol. The van der Waals surface area contributed by atoms with Crippen LogP contribution in [0.5, 0.6) is 0 Å². The van der Waals surface area contributed by atoms with Gasteiger partial charge in [-0.1, -0.05) is 13.0 Å². The molecule has 1 rings (SSSR count). The van der Waals surface area contributed by atoms with E-state index in [4.69, 9.17) is 5.11 Å². The lowest BCUT2D eigenvalue weighted by molar-refractivity contribution is 0.230. The minimum Gasteiger partial charge on any atom is -0.395 e. The Bertz CT molecular complexity index is 219. The number of hydrogen-bond donors (Lipinski definition) is 2. The van der Waals surface area contributed by atoms with Crippen LogP contribution in [0.25, 0.3) is 0 Å². The lowest BCUT2D eigenvalue weighted by Gasteiger charge is -2.19. The molecule has 1 unspecified atom stereocenters. The van der Waals surface area contributed by atoms with Gasteiger partial charge in [0.2, 0.25) is 0 Å². The largest absolute Gasteiger partial charge is 0.395 e. The third-order valence-electron chi connectivity index (χ3n) is 2.17. The molecule has 0 aliphatic rings. The summed E-state index contributed by atoms with van der Waals surface area (Å²) in [4.78, 5) is 1.33. The molecule has 0 aliphatic heterocycles. The first kappa shape index (κ1) is 10.7. The summed E-state index contributed by atoms with van der Waals surface area (Å²) in [7, 11) is 0. The molecule has 2 atom stereocenters. The molecule has 1 heterocycles. The first-order valence-corrected chi connectivity index (χ1v) is 5.56. The average molecular weight is 199 g/mol. The molecule has 0 radical (unpaired) electrons. The maximum atomic E-state index is 9.01. The molecule has 0 amide bonds. The van der Waals surface area contributed by atoms with Gasteiger partial charge in [-0.3, -0.25) is 0 Å². The van der Waals surface area contributed by atoms with Crippen LogP contribution in [0, 0.1) is 0 Å². The van der Waals surface area contributed by atoms with Gasteiger partial charge >= 0.3 is 0 Å². The van der Waals surface area contributed by atoms with E-state index in [1.54, 1.807) is 11.3 Å². The lowest BCUT2D eigenvalue weighted by atomic mass is 10.2. The van der Waals surface area contributed by atoms with E-state index in [-0.39, 0.29) is 12.6 Å². The van der Waals surface area contributed by atoms with Crippen molar-refractivity contribution in [1.29, 1.82) is 0 Å². The van der Waals surface area contributed by atoms with Crippen LogP contribution in [0.15, 0.2) is 17.5 Å². The van der Waals surface area contributed by atoms with Gasteiger partial charge in [-0.05, 0) is 24.8 Å². The summed E-state index contributed by atoms with van der Waals surface area (Å²) in [5, 5.41) is 14.5. The fraction of sp³-hybridized carbons (Fsp3) is 0.600. The minimum atomic E-state index is 0.214. The fourth-order valence-electron chi connectivity index (χ4n) is 1.27. The van der Waals surface area contributed by atoms with E-state index in [1.807, 2.05) is 0 Å². The molecule has 1 aromatic rings. The number of aliphatic hydroxyl groups is 1. The SMILES string of the molecule is CC[C@H](CO)NC(C)c1cccs1. The third-order valence-corrected chi connectivity index (χ3v) is 3.22. The lowest BCUT2D eigenvalue weighted by Crippen LogP contribution is -2.33. The Balaban J connectivity index is 2.45. The minimum absolute atomic E-state index is 0.214. The summed E-state index contributed by atoms with van der Waals surface area (Å²) in [6.07, 6.45) is 0.964. The molecule has 0 saturated carbocycles. The molecule has 0 aromatic carbocycles. The molecule has 2 nitrogen and oxygen atoms in total. The Labute approximate surface area is 83.6 Å². The Morgan fingerprint density at radius 3 is 2.85 bits per heavy atom. The van der Waals surface area contributed by atoms with Crippen molar-refractivity contribution in [2.45, 2.75) is 32.4 Å². The van der Waals surface area contributed by atoms with Gasteiger partial charge < -0.3 is 10.4 Å². The molecule has 2 N–H and O–H groups in total. The topological polar surface area (TPSA) is 32.3 Å². The van der Waals surface area contributed by atoms with Crippen LogP contribution in [0.3, 0.4) is 0 Å². The second kappa shape index (κ2) is 5.37. The van der Waals surface area contributed by atoms with Gasteiger partial charge in [-0.2, -0.15) is 0 Å². The van der Waals surface area contributed by atoms with E-state index in [2.05, 4.69) is 36.7 Å². The standard InChI is InChI=1S/C10H17NOS/c1-3-9(7-12)11-8(2)10-5-4-6-13-10/h4-6,8-9,11-12H,3,7H2,1-2H3/t8?,9-/m1/s1. The summed E-state index contributed by atoms with van der Waals surface area (Å²) in [6, 6.07) is 4.74. The van der Waals surface area contributed by atoms with E-state index in [0.29, 0.717) is 6.04 Å². The van der Waals surface area contributed by atoms with Crippen LogP contribution in [-0.2, 0) is 0 Å². The maximum absolute atomic E-state index is 9.01. The van der Waals surface area contributed by atoms with Crippen molar-refractivity contribution in [2.24, 2.45) is 0 Å². The van der Waals surface area contributed by atoms with E-state index in [0.717, 1.165) is 6.42 Å². The summed E-state index contributed by atoms with van der Waals surface area (Å²) < 4.78 is 0. The highest BCUT2D eigenvalue weighted by Gasteiger charge is 2.10. The Hall–Kier alpha value is -0.380. The van der Waals surface area contributed by atoms with E-state index in [9.17, 15) is 0 Å². The number of rotatable bonds is 5. The zero-order chi connectivity index (χ0) is 9.68. The van der Waals surface area contributed by atoms with Gasteiger partial charge in [0.15, 0.2) is 0 Å². The van der Waals surface area contributed by atoms with Crippen LogP contribution in [0.1, 0.15) is 31.2 Å². The van der Waals surface area contributed by atoms with Crippen LogP contribution < -0.4 is 5.32 Å². The van der Waals surface area contributed by atoms with Gasteiger partial charge in [0.1, 0.15) is 0 Å². The molecular formula is C10H17NOS. The van der Waals surface area contributed by atoms with Crippen molar-refractivity contribution >= 4 is 11.3 Å². The first-order valence-electron chi connectivity index (χ1n) is 4.68. The molecule has 74 valence electrons. The van der Waals surface area contributed by atoms with E-state index < -0.39 is 0 Å². The molecule has 1 aromatic heterocycles. The molecule has 0 aliphatic carbocycles. The number of aliphatic hydroxyl groups excluding tert-OH is 1. The van der Waals surface area contributed by atoms with Crippen LogP contribution >= 0.6 is 11.3 Å². The van der Waals surface area contributed by atoms with Crippen molar-refractivity contribution in [3.63, 3.8) is 0 Å². The highest BCUT2D eigenvalue weighted by atomic mass is 32.1. The quantitative estimate of drug-likeness (QED) is 0.761. The van der Waals surface area contributed by atoms with Gasteiger partial charge in [0.05, 0.1) is 6.61 Å². The predicted octanol–water partition coefficient (Wildman–Crippen LogP) is 2.17. The van der Waals surface area contributed by atoms with Gasteiger partial charge in [-0.15, -0.1) is 11.3 Å². The molecule has 0 spiro atoms. The summed E-state index contributed by atoms with van der Waals surface area (Å²) in [5.41, 5.74) is 0. The molecule has 13 heavy (non-hydrogen) atoms. The van der Waals surface area contributed by atoms with Crippen LogP contribution in [0.2, 0.25) is 0 Å². The second-order valence-corrected chi connectivity index (χ2v) is 4.17. The highest BCUT2D eigenvalue weighted by Crippen LogP contribution is 2.18. The Morgan fingerprint density at radius 2 is 2.38 bits per heavy atom. The van der Waals surface area contributed by atoms with Crippen molar-refractivity contribution in [1.82, 2.24) is 5.32 Å².